The van der Waals surface area contributed by atoms with Crippen molar-refractivity contribution in [1.82, 2.24) is 4.98 Å². The standard InChI is InChI=1S/C27H23N3O3/c1-16-9-8-12-19(15-16)29-26(31)23-24(22-17(2)28-21-14-7-6-13-20(21)22)30(33-25(23)27(29)32)18-10-4-3-5-11-18/h3-15,23-25,28H,1-2H3/t23-,24-,25+/m0/s1. The first-order valence-corrected chi connectivity index (χ1v) is 11.1. The lowest BCUT2D eigenvalue weighted by molar-refractivity contribution is -0.126. The number of carbonyl (C=O) groups is 2. The Morgan fingerprint density at radius 2 is 1.55 bits per heavy atom. The van der Waals surface area contributed by atoms with Crippen LogP contribution in [0.4, 0.5) is 11.4 Å². The molecule has 0 radical (unpaired) electrons. The topological polar surface area (TPSA) is 65.6 Å². The number of aromatic amines is 1. The number of imide groups is 1. The first-order valence-electron chi connectivity index (χ1n) is 11.1. The quantitative estimate of drug-likeness (QED) is 0.466. The molecule has 2 aliphatic heterocycles. The van der Waals surface area contributed by atoms with Gasteiger partial charge in [0.2, 0.25) is 5.91 Å². The van der Waals surface area contributed by atoms with Crippen LogP contribution in [0.1, 0.15) is 22.9 Å². The van der Waals surface area contributed by atoms with Gasteiger partial charge in [-0.1, -0.05) is 48.5 Å². The maximum Gasteiger partial charge on any atom is 0.266 e. The van der Waals surface area contributed by atoms with Crippen LogP contribution in [0.15, 0.2) is 78.9 Å². The average Bonchev–Trinajstić information content (AvgIpc) is 3.43. The predicted molar refractivity (Wildman–Crippen MR) is 127 cm³/mol. The van der Waals surface area contributed by atoms with Crippen LogP contribution in [0.3, 0.4) is 0 Å². The van der Waals surface area contributed by atoms with Crippen molar-refractivity contribution < 1.29 is 14.4 Å². The van der Waals surface area contributed by atoms with Gasteiger partial charge < -0.3 is 4.98 Å². The van der Waals surface area contributed by atoms with Gasteiger partial charge in [0.1, 0.15) is 5.92 Å². The van der Waals surface area contributed by atoms with Crippen molar-refractivity contribution in [3.05, 3.63) is 95.7 Å². The van der Waals surface area contributed by atoms with Crippen molar-refractivity contribution in [2.45, 2.75) is 26.0 Å². The number of carbonyl (C=O) groups excluding carboxylic acids is 2. The van der Waals surface area contributed by atoms with E-state index in [2.05, 4.69) is 4.98 Å². The number of aryl methyl sites for hydroxylation is 2. The Labute approximate surface area is 191 Å². The molecule has 1 aromatic heterocycles. The number of para-hydroxylation sites is 2. The Balaban J connectivity index is 1.52. The summed E-state index contributed by atoms with van der Waals surface area (Å²) >= 11 is 0. The first-order chi connectivity index (χ1) is 16.0. The molecule has 2 saturated heterocycles. The zero-order valence-electron chi connectivity index (χ0n) is 18.4. The van der Waals surface area contributed by atoms with E-state index in [1.807, 2.05) is 86.6 Å². The molecule has 6 rings (SSSR count). The summed E-state index contributed by atoms with van der Waals surface area (Å²) in [7, 11) is 0. The number of fused-ring (bicyclic) bond motifs is 2. The van der Waals surface area contributed by atoms with Crippen molar-refractivity contribution in [3.8, 4) is 0 Å². The minimum Gasteiger partial charge on any atom is -0.358 e. The fourth-order valence-electron chi connectivity index (χ4n) is 5.21. The number of nitrogens with zero attached hydrogens (tertiary/aromatic N) is 2. The highest BCUT2D eigenvalue weighted by Crippen LogP contribution is 2.49. The number of aromatic nitrogens is 1. The summed E-state index contributed by atoms with van der Waals surface area (Å²) in [5.41, 5.74) is 5.32. The second kappa shape index (κ2) is 7.32. The molecule has 33 heavy (non-hydrogen) atoms. The molecule has 0 saturated carbocycles. The monoisotopic (exact) mass is 437 g/mol. The number of nitrogens with one attached hydrogen (secondary N) is 1. The molecule has 3 atom stereocenters. The lowest BCUT2D eigenvalue weighted by Gasteiger charge is -2.29. The normalized spacial score (nSPS) is 22.4. The molecular formula is C27H23N3O3. The van der Waals surface area contributed by atoms with Crippen LogP contribution in [0.2, 0.25) is 0 Å². The summed E-state index contributed by atoms with van der Waals surface area (Å²) in [6.45, 7) is 3.95. The fraction of sp³-hybridized carbons (Fsp3) is 0.185. The first kappa shape index (κ1) is 19.8. The van der Waals surface area contributed by atoms with Gasteiger partial charge in [0.15, 0.2) is 6.10 Å². The van der Waals surface area contributed by atoms with Crippen molar-refractivity contribution >= 4 is 34.1 Å². The minimum absolute atomic E-state index is 0.233. The van der Waals surface area contributed by atoms with Crippen LogP contribution in [-0.2, 0) is 14.4 Å². The molecule has 1 N–H and O–H groups in total. The number of rotatable bonds is 3. The number of anilines is 2. The smallest absolute Gasteiger partial charge is 0.266 e. The van der Waals surface area contributed by atoms with E-state index < -0.39 is 18.1 Å². The molecule has 0 unspecified atom stereocenters. The van der Waals surface area contributed by atoms with Gasteiger partial charge in [-0.3, -0.25) is 14.4 Å². The second-order valence-electron chi connectivity index (χ2n) is 8.72. The number of H-pyrrole nitrogens is 1. The minimum atomic E-state index is -0.878. The van der Waals surface area contributed by atoms with Crippen LogP contribution in [0, 0.1) is 19.8 Å². The number of amides is 2. The molecule has 6 nitrogen and oxygen atoms in total. The van der Waals surface area contributed by atoms with Crippen LogP contribution in [-0.4, -0.2) is 22.9 Å². The van der Waals surface area contributed by atoms with Gasteiger partial charge in [0, 0.05) is 22.2 Å². The molecule has 3 aromatic carbocycles. The lowest BCUT2D eigenvalue weighted by atomic mass is 9.89. The Kier molecular flexibility index (Phi) is 4.38. The third kappa shape index (κ3) is 2.91. The van der Waals surface area contributed by atoms with Crippen LogP contribution in [0.25, 0.3) is 10.9 Å². The zero-order valence-corrected chi connectivity index (χ0v) is 18.4. The highest BCUT2D eigenvalue weighted by atomic mass is 16.7. The second-order valence-corrected chi connectivity index (χ2v) is 8.72. The number of hydroxylamine groups is 1. The number of hydrogen-bond acceptors (Lipinski definition) is 4. The van der Waals surface area contributed by atoms with Crippen molar-refractivity contribution in [1.29, 1.82) is 0 Å². The molecule has 2 fully saturated rings. The molecular weight excluding hydrogens is 414 g/mol. The third-order valence-electron chi connectivity index (χ3n) is 6.63. The van der Waals surface area contributed by atoms with E-state index in [0.29, 0.717) is 5.69 Å². The highest BCUT2D eigenvalue weighted by molar-refractivity contribution is 6.24. The summed E-state index contributed by atoms with van der Waals surface area (Å²) < 4.78 is 0. The van der Waals surface area contributed by atoms with Crippen molar-refractivity contribution in [3.63, 3.8) is 0 Å². The van der Waals surface area contributed by atoms with E-state index in [-0.39, 0.29) is 11.8 Å². The van der Waals surface area contributed by atoms with Crippen molar-refractivity contribution in [2.24, 2.45) is 5.92 Å². The van der Waals surface area contributed by atoms with Gasteiger partial charge in [-0.2, -0.15) is 0 Å². The maximum absolute atomic E-state index is 13.8. The summed E-state index contributed by atoms with van der Waals surface area (Å²) in [5.74, 6) is -1.21. The Hall–Kier alpha value is -3.90. The summed E-state index contributed by atoms with van der Waals surface area (Å²) in [6, 6.07) is 24.7. The Morgan fingerprint density at radius 1 is 0.818 bits per heavy atom. The molecule has 6 heteroatoms. The highest BCUT2D eigenvalue weighted by Gasteiger charge is 2.60. The largest absolute Gasteiger partial charge is 0.358 e. The van der Waals surface area contributed by atoms with E-state index in [1.165, 1.54) is 4.90 Å². The lowest BCUT2D eigenvalue weighted by Crippen LogP contribution is -2.37. The molecule has 2 amide bonds. The number of benzene rings is 3. The van der Waals surface area contributed by atoms with Gasteiger partial charge in [0.05, 0.1) is 17.4 Å². The molecule has 4 aromatic rings. The third-order valence-corrected chi connectivity index (χ3v) is 6.63. The Bertz CT molecular complexity index is 1390. The SMILES string of the molecule is Cc1cccc(N2C(=O)[C@@H]3[C@@H](ON(c4ccccc4)[C@H]3c3c(C)[nH]c4ccccc34)C2=O)c1. The molecule has 0 bridgehead atoms. The van der Waals surface area contributed by atoms with Gasteiger partial charge in [-0.05, 0) is 49.7 Å². The van der Waals surface area contributed by atoms with Crippen molar-refractivity contribution in [2.75, 3.05) is 9.96 Å². The van der Waals surface area contributed by atoms with Gasteiger partial charge >= 0.3 is 0 Å². The fourth-order valence-corrected chi connectivity index (χ4v) is 5.21. The van der Waals surface area contributed by atoms with E-state index in [9.17, 15) is 9.59 Å². The van der Waals surface area contributed by atoms with E-state index in [0.717, 1.165) is 33.4 Å². The average molecular weight is 437 g/mol. The molecule has 2 aliphatic rings. The van der Waals surface area contributed by atoms with E-state index >= 15 is 0 Å². The molecule has 3 heterocycles. The zero-order chi connectivity index (χ0) is 22.7. The maximum atomic E-state index is 13.8. The molecule has 0 spiro atoms. The van der Waals surface area contributed by atoms with E-state index in [1.54, 1.807) is 11.1 Å². The predicted octanol–water partition coefficient (Wildman–Crippen LogP) is 4.84. The van der Waals surface area contributed by atoms with Crippen LogP contribution in [0.5, 0.6) is 0 Å². The molecule has 0 aliphatic carbocycles. The van der Waals surface area contributed by atoms with Gasteiger partial charge in [0.25, 0.3) is 5.91 Å². The number of hydrogen-bond donors (Lipinski definition) is 1. The van der Waals surface area contributed by atoms with Crippen LogP contribution < -0.4 is 9.96 Å². The van der Waals surface area contributed by atoms with Gasteiger partial charge in [-0.25, -0.2) is 9.96 Å². The summed E-state index contributed by atoms with van der Waals surface area (Å²) in [5, 5.41) is 2.78. The summed E-state index contributed by atoms with van der Waals surface area (Å²) in [6.07, 6.45) is -0.878. The van der Waals surface area contributed by atoms with E-state index in [4.69, 9.17) is 4.84 Å². The summed E-state index contributed by atoms with van der Waals surface area (Å²) in [4.78, 5) is 38.3. The molecule has 164 valence electrons. The Morgan fingerprint density at radius 3 is 2.33 bits per heavy atom. The van der Waals surface area contributed by atoms with Crippen LogP contribution >= 0.6 is 0 Å². The van der Waals surface area contributed by atoms with Gasteiger partial charge in [-0.15, -0.1) is 0 Å².